The molecule has 0 aliphatic carbocycles. The van der Waals surface area contributed by atoms with E-state index in [9.17, 15) is 4.79 Å². The van der Waals surface area contributed by atoms with Crippen LogP contribution in [0.5, 0.6) is 0 Å². The zero-order chi connectivity index (χ0) is 15.2. The molecule has 0 amide bonds. The van der Waals surface area contributed by atoms with Crippen LogP contribution in [0.25, 0.3) is 11.2 Å². The quantitative estimate of drug-likeness (QED) is 0.453. The maximum Gasteiger partial charge on any atom is 0.324 e. The molecule has 0 bridgehead atoms. The Kier molecular flexibility index (Phi) is 5.51. The van der Waals surface area contributed by atoms with Gasteiger partial charge in [-0.25, -0.2) is 15.0 Å². The van der Waals surface area contributed by atoms with Crippen LogP contribution in [0.2, 0.25) is 0 Å². The summed E-state index contributed by atoms with van der Waals surface area (Å²) in [6, 6.07) is -0.180. The lowest BCUT2D eigenvalue weighted by molar-refractivity contribution is -0.145. The van der Waals surface area contributed by atoms with Crippen molar-refractivity contribution in [2.24, 2.45) is 0 Å². The molecule has 0 aliphatic heterocycles. The molecule has 2 rings (SSSR count). The van der Waals surface area contributed by atoms with Crippen molar-refractivity contribution in [3.05, 3.63) is 12.7 Å². The molecule has 114 valence electrons. The predicted octanol–water partition coefficient (Wildman–Crippen LogP) is 1.37. The maximum absolute atomic E-state index is 12.0. The second-order valence-electron chi connectivity index (χ2n) is 4.72. The lowest BCUT2D eigenvalue weighted by Gasteiger charge is -2.19. The molecule has 8 heteroatoms. The number of carbonyl (C=O) groups is 1. The van der Waals surface area contributed by atoms with Crippen molar-refractivity contribution in [1.29, 1.82) is 0 Å². The molecule has 0 spiro atoms. The molecule has 0 aromatic carbocycles. The number of nitrogens with one attached hydrogen (secondary N) is 2. The Morgan fingerprint density at radius 3 is 2.95 bits per heavy atom. The van der Waals surface area contributed by atoms with Crippen LogP contribution in [0.4, 0.5) is 0 Å². The van der Waals surface area contributed by atoms with Crippen LogP contribution in [0.3, 0.4) is 0 Å². The number of ether oxygens (including phenoxy) is 1. The number of aromatic amines is 1. The molecule has 2 N–H and O–H groups in total. The number of rotatable bonds is 7. The van der Waals surface area contributed by atoms with Gasteiger partial charge in [-0.3, -0.25) is 4.79 Å². The highest BCUT2D eigenvalue weighted by molar-refractivity contribution is 7.99. The van der Waals surface area contributed by atoms with E-state index in [1.165, 1.54) is 18.1 Å². The van der Waals surface area contributed by atoms with Crippen molar-refractivity contribution in [3.63, 3.8) is 0 Å². The van der Waals surface area contributed by atoms with Crippen LogP contribution < -0.4 is 5.32 Å². The van der Waals surface area contributed by atoms with Crippen LogP contribution >= 0.6 is 11.8 Å². The summed E-state index contributed by atoms with van der Waals surface area (Å²) in [5.74, 6) is 0.288. The Balaban J connectivity index is 2.07. The molecule has 0 saturated carbocycles. The first-order chi connectivity index (χ1) is 10.1. The van der Waals surface area contributed by atoms with E-state index in [1.807, 2.05) is 13.8 Å². The smallest absolute Gasteiger partial charge is 0.324 e. The third-order valence-corrected chi connectivity index (χ3v) is 3.76. The summed E-state index contributed by atoms with van der Waals surface area (Å²) in [6.07, 6.45) is 3.05. The maximum atomic E-state index is 12.0. The summed E-state index contributed by atoms with van der Waals surface area (Å²) in [5.41, 5.74) is 1.41. The molecule has 7 nitrogen and oxygen atoms in total. The minimum atomic E-state index is -0.372. The van der Waals surface area contributed by atoms with Crippen LogP contribution in [-0.4, -0.2) is 50.3 Å². The number of carbonyl (C=O) groups excluding carboxylic acids is 1. The van der Waals surface area contributed by atoms with Gasteiger partial charge in [0.1, 0.15) is 22.9 Å². The van der Waals surface area contributed by atoms with E-state index >= 15 is 0 Å². The van der Waals surface area contributed by atoms with Crippen LogP contribution in [0, 0.1) is 0 Å². The Hall–Kier alpha value is -1.67. The number of hydrogen-bond donors (Lipinski definition) is 2. The molecule has 0 aliphatic rings. The summed E-state index contributed by atoms with van der Waals surface area (Å²) in [7, 11) is 0. The summed E-state index contributed by atoms with van der Waals surface area (Å²) in [5, 5.41) is 3.99. The van der Waals surface area contributed by atoms with Crippen molar-refractivity contribution in [3.8, 4) is 0 Å². The molecule has 0 fully saturated rings. The number of aromatic nitrogens is 4. The van der Waals surface area contributed by atoms with E-state index in [0.29, 0.717) is 18.0 Å². The summed E-state index contributed by atoms with van der Waals surface area (Å²) < 4.78 is 5.10. The van der Waals surface area contributed by atoms with Crippen molar-refractivity contribution in [2.75, 3.05) is 12.4 Å². The number of nitrogens with zero attached hydrogens (tertiary/aromatic N) is 3. The minimum absolute atomic E-state index is 0.192. The van der Waals surface area contributed by atoms with Gasteiger partial charge < -0.3 is 15.0 Å². The fourth-order valence-electron chi connectivity index (χ4n) is 1.84. The van der Waals surface area contributed by atoms with Gasteiger partial charge >= 0.3 is 5.97 Å². The molecule has 1 unspecified atom stereocenters. The van der Waals surface area contributed by atoms with Crippen LogP contribution in [-0.2, 0) is 9.53 Å². The van der Waals surface area contributed by atoms with Crippen molar-refractivity contribution in [2.45, 2.75) is 37.9 Å². The van der Waals surface area contributed by atoms with Gasteiger partial charge in [0.05, 0.1) is 12.9 Å². The van der Waals surface area contributed by atoms with Gasteiger partial charge in [0.2, 0.25) is 0 Å². The van der Waals surface area contributed by atoms with Gasteiger partial charge in [-0.15, -0.1) is 11.8 Å². The number of hydrogen-bond acceptors (Lipinski definition) is 7. The second-order valence-corrected chi connectivity index (χ2v) is 5.73. The first-order valence-electron chi connectivity index (χ1n) is 6.81. The van der Waals surface area contributed by atoms with Gasteiger partial charge in [-0.05, 0) is 6.92 Å². The predicted molar refractivity (Wildman–Crippen MR) is 81.1 cm³/mol. The minimum Gasteiger partial charge on any atom is -0.465 e. The third-order valence-electron chi connectivity index (χ3n) is 2.68. The van der Waals surface area contributed by atoms with E-state index in [-0.39, 0.29) is 18.1 Å². The van der Waals surface area contributed by atoms with Crippen molar-refractivity contribution >= 4 is 28.9 Å². The Morgan fingerprint density at radius 2 is 2.24 bits per heavy atom. The highest BCUT2D eigenvalue weighted by Crippen LogP contribution is 2.22. The number of imidazole rings is 1. The number of fused-ring (bicyclic) bond motifs is 1. The summed E-state index contributed by atoms with van der Waals surface area (Å²) >= 11 is 1.47. The zero-order valence-corrected chi connectivity index (χ0v) is 13.1. The molecule has 0 radical (unpaired) electrons. The van der Waals surface area contributed by atoms with Crippen LogP contribution in [0.1, 0.15) is 20.8 Å². The molecule has 2 heterocycles. The van der Waals surface area contributed by atoms with Crippen LogP contribution in [0.15, 0.2) is 17.7 Å². The van der Waals surface area contributed by atoms with E-state index in [4.69, 9.17) is 4.74 Å². The van der Waals surface area contributed by atoms with Gasteiger partial charge in [-0.2, -0.15) is 0 Å². The second kappa shape index (κ2) is 7.37. The highest BCUT2D eigenvalue weighted by Gasteiger charge is 2.21. The normalized spacial score (nSPS) is 12.8. The molecule has 1 atom stereocenters. The lowest BCUT2D eigenvalue weighted by Crippen LogP contribution is -2.43. The molecular formula is C13H19N5O2S. The van der Waals surface area contributed by atoms with Gasteiger partial charge in [0.15, 0.2) is 5.65 Å². The number of thioether (sulfide) groups is 1. The molecular weight excluding hydrogens is 290 g/mol. The Bertz CT molecular complexity index is 601. The fraction of sp³-hybridized carbons (Fsp3) is 0.538. The van der Waals surface area contributed by atoms with E-state index in [0.717, 1.165) is 10.5 Å². The highest BCUT2D eigenvalue weighted by atomic mass is 32.2. The van der Waals surface area contributed by atoms with Gasteiger partial charge in [-0.1, -0.05) is 13.8 Å². The average molecular weight is 309 g/mol. The molecule has 21 heavy (non-hydrogen) atoms. The third kappa shape index (κ3) is 4.15. The first-order valence-corrected chi connectivity index (χ1v) is 7.80. The molecule has 2 aromatic heterocycles. The van der Waals surface area contributed by atoms with Crippen molar-refractivity contribution in [1.82, 2.24) is 25.3 Å². The fourth-order valence-corrected chi connectivity index (χ4v) is 2.82. The summed E-state index contributed by atoms with van der Waals surface area (Å²) in [6.45, 7) is 6.16. The largest absolute Gasteiger partial charge is 0.465 e. The average Bonchev–Trinajstić information content (AvgIpc) is 2.92. The van der Waals surface area contributed by atoms with Gasteiger partial charge in [0.25, 0.3) is 0 Å². The number of H-pyrrole nitrogens is 1. The zero-order valence-electron chi connectivity index (χ0n) is 12.3. The first kappa shape index (κ1) is 15.7. The Labute approximate surface area is 127 Å². The molecule has 2 aromatic rings. The Morgan fingerprint density at radius 1 is 1.43 bits per heavy atom. The number of esters is 1. The SMILES string of the molecule is CCOC(=O)C(CSc1ncnc2nc[nH]c12)NC(C)C. The van der Waals surface area contributed by atoms with Gasteiger partial charge in [0, 0.05) is 11.8 Å². The lowest BCUT2D eigenvalue weighted by atomic mass is 10.3. The monoisotopic (exact) mass is 309 g/mol. The molecule has 0 saturated heterocycles. The summed E-state index contributed by atoms with van der Waals surface area (Å²) in [4.78, 5) is 27.4. The van der Waals surface area contributed by atoms with Crippen molar-refractivity contribution < 1.29 is 9.53 Å². The standard InChI is InChI=1S/C13H19N5O2S/c1-4-20-13(19)9(18-8(2)3)5-21-12-10-11(15-6-14-10)16-7-17-12/h6-9,18H,4-5H2,1-3H3,(H,14,15,16,17). The van der Waals surface area contributed by atoms with E-state index in [1.54, 1.807) is 13.3 Å². The topological polar surface area (TPSA) is 92.8 Å². The van der Waals surface area contributed by atoms with E-state index in [2.05, 4.69) is 25.3 Å². The van der Waals surface area contributed by atoms with E-state index < -0.39 is 0 Å².